The molecule has 0 aliphatic carbocycles. The molecule has 0 saturated carbocycles. The lowest BCUT2D eigenvalue weighted by molar-refractivity contribution is -0.133. The summed E-state index contributed by atoms with van der Waals surface area (Å²) in [6, 6.07) is 19.1. The minimum atomic E-state index is -0.686. The fourth-order valence-electron chi connectivity index (χ4n) is 6.20. The standard InChI is InChI=1S/C33H35ClFN3O5/c34-26-10-6-20(14-27(26)35)18-38-19-23-16-28(38)33(41)36-17-31-29(39)11-8-24(43-31)12-13-42-30-15-22(21-4-2-1-3-5-21)7-9-25(30)32(40)37-23/h1-7,9-10,14-15,23-24,28-29,31,39H,8,11-13,16-19H2,(H,36,41)(H,37,40)/t23-,24-,28-,29-,31+/m0/s1. The van der Waals surface area contributed by atoms with Gasteiger partial charge in [0, 0.05) is 32.1 Å². The molecule has 2 amide bonds. The van der Waals surface area contributed by atoms with E-state index in [1.54, 1.807) is 12.1 Å². The van der Waals surface area contributed by atoms with Crippen LogP contribution in [0.3, 0.4) is 0 Å². The first-order valence-electron chi connectivity index (χ1n) is 14.8. The summed E-state index contributed by atoms with van der Waals surface area (Å²) in [5.41, 5.74) is 3.01. The molecule has 3 aliphatic heterocycles. The maximum Gasteiger partial charge on any atom is 0.255 e. The highest BCUT2D eigenvalue weighted by molar-refractivity contribution is 6.30. The van der Waals surface area contributed by atoms with Crippen molar-refractivity contribution in [2.45, 2.75) is 62.6 Å². The van der Waals surface area contributed by atoms with Crippen molar-refractivity contribution in [1.82, 2.24) is 15.5 Å². The lowest BCUT2D eigenvalue weighted by atomic mass is 9.99. The summed E-state index contributed by atoms with van der Waals surface area (Å²) in [5.74, 6) is -0.576. The highest BCUT2D eigenvalue weighted by Crippen LogP contribution is 2.30. The number of carbonyl (C=O) groups is 2. The summed E-state index contributed by atoms with van der Waals surface area (Å²) in [7, 11) is 0. The van der Waals surface area contributed by atoms with Gasteiger partial charge in [0.1, 0.15) is 17.7 Å². The number of hydrogen-bond acceptors (Lipinski definition) is 6. The minimum Gasteiger partial charge on any atom is -0.493 e. The molecule has 3 aromatic carbocycles. The van der Waals surface area contributed by atoms with E-state index in [1.807, 2.05) is 47.4 Å². The minimum absolute atomic E-state index is 0.0302. The second-order valence-electron chi connectivity index (χ2n) is 11.5. The molecular weight excluding hydrogens is 573 g/mol. The first-order chi connectivity index (χ1) is 20.8. The van der Waals surface area contributed by atoms with Crippen molar-refractivity contribution in [3.8, 4) is 16.9 Å². The van der Waals surface area contributed by atoms with Gasteiger partial charge < -0.3 is 25.2 Å². The van der Waals surface area contributed by atoms with Crippen molar-refractivity contribution in [3.63, 3.8) is 0 Å². The van der Waals surface area contributed by atoms with Crippen molar-refractivity contribution in [3.05, 3.63) is 88.7 Å². The summed E-state index contributed by atoms with van der Waals surface area (Å²) in [5, 5.41) is 16.7. The lowest BCUT2D eigenvalue weighted by Gasteiger charge is -2.34. The quantitative estimate of drug-likeness (QED) is 0.410. The predicted octanol–water partition coefficient (Wildman–Crippen LogP) is 4.33. The van der Waals surface area contributed by atoms with E-state index in [-0.39, 0.29) is 35.5 Å². The molecule has 0 radical (unpaired) electrons. The van der Waals surface area contributed by atoms with Gasteiger partial charge in [-0.05, 0) is 60.2 Å². The van der Waals surface area contributed by atoms with Crippen LogP contribution in [0.4, 0.5) is 4.39 Å². The van der Waals surface area contributed by atoms with Gasteiger partial charge in [-0.15, -0.1) is 0 Å². The van der Waals surface area contributed by atoms with Gasteiger partial charge >= 0.3 is 0 Å². The number of aliphatic hydroxyl groups is 1. The number of fused-ring (bicyclic) bond motifs is 5. The van der Waals surface area contributed by atoms with Crippen LogP contribution in [-0.2, 0) is 16.1 Å². The van der Waals surface area contributed by atoms with Crippen molar-refractivity contribution < 1.29 is 28.6 Å². The number of carbonyl (C=O) groups excluding carboxylic acids is 2. The fourth-order valence-corrected chi connectivity index (χ4v) is 6.31. The average molecular weight is 608 g/mol. The number of aliphatic hydroxyl groups excluding tert-OH is 1. The predicted molar refractivity (Wildman–Crippen MR) is 160 cm³/mol. The number of nitrogens with one attached hydrogen (secondary N) is 2. The molecule has 2 fully saturated rings. The molecule has 3 N–H and O–H groups in total. The van der Waals surface area contributed by atoms with Crippen LogP contribution in [-0.4, -0.2) is 71.9 Å². The Morgan fingerprint density at radius 1 is 1.00 bits per heavy atom. The molecule has 3 aromatic rings. The Hall–Kier alpha value is -3.50. The third-order valence-electron chi connectivity index (χ3n) is 8.50. The molecule has 4 bridgehead atoms. The Morgan fingerprint density at radius 3 is 2.65 bits per heavy atom. The monoisotopic (exact) mass is 607 g/mol. The molecule has 8 nitrogen and oxygen atoms in total. The number of nitrogens with zero attached hydrogens (tertiary/aromatic N) is 1. The molecule has 10 heteroatoms. The van der Waals surface area contributed by atoms with Crippen molar-refractivity contribution in [1.29, 1.82) is 0 Å². The van der Waals surface area contributed by atoms with Gasteiger partial charge in [-0.3, -0.25) is 14.5 Å². The van der Waals surface area contributed by atoms with Crippen molar-refractivity contribution >= 4 is 23.4 Å². The maximum atomic E-state index is 14.2. The Balaban J connectivity index is 1.29. The van der Waals surface area contributed by atoms with Gasteiger partial charge in [0.2, 0.25) is 5.91 Å². The van der Waals surface area contributed by atoms with E-state index in [4.69, 9.17) is 21.1 Å². The van der Waals surface area contributed by atoms with E-state index in [0.29, 0.717) is 62.3 Å². The van der Waals surface area contributed by atoms with E-state index in [0.717, 1.165) is 11.1 Å². The number of likely N-dealkylation sites (tertiary alicyclic amines) is 1. The Morgan fingerprint density at radius 2 is 1.84 bits per heavy atom. The number of ether oxygens (including phenoxy) is 2. The summed E-state index contributed by atoms with van der Waals surface area (Å²) in [6.45, 7) is 1.17. The molecule has 5 atom stereocenters. The van der Waals surface area contributed by atoms with E-state index >= 15 is 0 Å². The Kier molecular flexibility index (Phi) is 8.95. The lowest BCUT2D eigenvalue weighted by Crippen LogP contribution is -2.50. The maximum absolute atomic E-state index is 14.2. The van der Waals surface area contributed by atoms with Crippen molar-refractivity contribution in [2.75, 3.05) is 19.7 Å². The zero-order chi connectivity index (χ0) is 29.9. The van der Waals surface area contributed by atoms with Gasteiger partial charge in [-0.25, -0.2) is 4.39 Å². The number of hydrogen-bond donors (Lipinski definition) is 3. The largest absolute Gasteiger partial charge is 0.493 e. The summed E-state index contributed by atoms with van der Waals surface area (Å²) in [6.07, 6.45) is 0.787. The molecule has 226 valence electrons. The fraction of sp³-hybridized carbons (Fsp3) is 0.394. The third kappa shape index (κ3) is 6.86. The summed E-state index contributed by atoms with van der Waals surface area (Å²) >= 11 is 5.88. The number of amides is 2. The molecule has 3 aliphatic rings. The highest BCUT2D eigenvalue weighted by atomic mass is 35.5. The Bertz CT molecular complexity index is 1470. The van der Waals surface area contributed by atoms with E-state index < -0.39 is 24.1 Å². The van der Waals surface area contributed by atoms with Crippen LogP contribution >= 0.6 is 11.6 Å². The Labute approximate surface area is 255 Å². The van der Waals surface area contributed by atoms with Gasteiger partial charge in [0.15, 0.2) is 0 Å². The first kappa shape index (κ1) is 29.6. The number of halogens is 2. The summed E-state index contributed by atoms with van der Waals surface area (Å²) in [4.78, 5) is 29.1. The average Bonchev–Trinajstić information content (AvgIpc) is 3.40. The second-order valence-corrected chi connectivity index (χ2v) is 11.9. The van der Waals surface area contributed by atoms with Gasteiger partial charge in [-0.1, -0.05) is 54.1 Å². The van der Waals surface area contributed by atoms with Crippen LogP contribution in [0.2, 0.25) is 5.02 Å². The van der Waals surface area contributed by atoms with Crippen LogP contribution in [0, 0.1) is 5.82 Å². The van der Waals surface area contributed by atoms with Gasteiger partial charge in [0.05, 0.1) is 35.4 Å². The van der Waals surface area contributed by atoms with E-state index in [1.165, 1.54) is 12.1 Å². The zero-order valence-electron chi connectivity index (χ0n) is 23.7. The van der Waals surface area contributed by atoms with E-state index in [2.05, 4.69) is 10.6 Å². The molecule has 43 heavy (non-hydrogen) atoms. The second kappa shape index (κ2) is 13.0. The highest BCUT2D eigenvalue weighted by Gasteiger charge is 2.39. The normalized spacial score (nSPS) is 26.6. The molecular formula is C33H35ClFN3O5. The van der Waals surface area contributed by atoms with Crippen LogP contribution < -0.4 is 15.4 Å². The molecule has 3 heterocycles. The van der Waals surface area contributed by atoms with E-state index in [9.17, 15) is 19.1 Å². The van der Waals surface area contributed by atoms with Crippen LogP contribution in [0.1, 0.15) is 41.6 Å². The molecule has 0 aromatic heterocycles. The third-order valence-corrected chi connectivity index (χ3v) is 8.81. The molecule has 6 rings (SSSR count). The van der Waals surface area contributed by atoms with Crippen LogP contribution in [0.5, 0.6) is 5.75 Å². The first-order valence-corrected chi connectivity index (χ1v) is 15.1. The topological polar surface area (TPSA) is 100 Å². The van der Waals surface area contributed by atoms with Crippen molar-refractivity contribution in [2.24, 2.45) is 0 Å². The SMILES string of the molecule is O=C1N[C@H]2C[C@@H](C(=O)NC[C@H]3O[C@H](CCOc4cc(-c5ccccc5)ccc41)CC[C@@H]3O)N(Cc1ccc(Cl)c(F)c1)C2. The molecule has 0 unspecified atom stereocenters. The van der Waals surface area contributed by atoms with Crippen LogP contribution in [0.15, 0.2) is 66.7 Å². The number of rotatable bonds is 3. The smallest absolute Gasteiger partial charge is 0.255 e. The molecule has 0 spiro atoms. The number of benzene rings is 3. The van der Waals surface area contributed by atoms with Gasteiger partial charge in [-0.2, -0.15) is 0 Å². The zero-order valence-corrected chi connectivity index (χ0v) is 24.4. The molecule has 2 saturated heterocycles. The summed E-state index contributed by atoms with van der Waals surface area (Å²) < 4.78 is 26.6. The van der Waals surface area contributed by atoms with Gasteiger partial charge in [0.25, 0.3) is 5.91 Å². The van der Waals surface area contributed by atoms with Crippen LogP contribution in [0.25, 0.3) is 11.1 Å².